The number of aromatic nitrogens is 2. The third-order valence-corrected chi connectivity index (χ3v) is 9.38. The number of anilines is 1. The van der Waals surface area contributed by atoms with Gasteiger partial charge in [-0.15, -0.1) is 0 Å². The summed E-state index contributed by atoms with van der Waals surface area (Å²) in [6.07, 6.45) is 1.58. The van der Waals surface area contributed by atoms with E-state index in [0.717, 1.165) is 30.2 Å². The van der Waals surface area contributed by atoms with E-state index < -0.39 is 17.5 Å². The molecular weight excluding hydrogens is 574 g/mol. The van der Waals surface area contributed by atoms with E-state index in [1.54, 1.807) is 12.1 Å². The predicted octanol–water partition coefficient (Wildman–Crippen LogP) is 5.60. The molecular formula is C32H31ClF2N6O2. The van der Waals surface area contributed by atoms with Gasteiger partial charge in [-0.25, -0.2) is 8.78 Å². The van der Waals surface area contributed by atoms with E-state index in [1.165, 1.54) is 6.07 Å². The maximum absolute atomic E-state index is 16.8. The number of phenols is 1. The van der Waals surface area contributed by atoms with Crippen molar-refractivity contribution in [2.45, 2.75) is 43.4 Å². The smallest absolute Gasteiger partial charge is 0.319 e. The summed E-state index contributed by atoms with van der Waals surface area (Å²) in [5, 5.41) is 25.2. The molecule has 3 fully saturated rings. The fraction of sp³-hybridized carbons (Fsp3) is 0.406. The Morgan fingerprint density at radius 3 is 2.88 bits per heavy atom. The summed E-state index contributed by atoms with van der Waals surface area (Å²) in [5.41, 5.74) is 0.183. The highest BCUT2D eigenvalue weighted by molar-refractivity contribution is 6.35. The first-order valence-corrected chi connectivity index (χ1v) is 15.0. The van der Waals surface area contributed by atoms with Gasteiger partial charge in [0.05, 0.1) is 23.1 Å². The fourth-order valence-electron chi connectivity index (χ4n) is 7.13. The third kappa shape index (κ3) is 4.99. The SMILES string of the molecule is N#CC[C@H]1CN(c2nc(OC[C@@]34CCCN3C[C@H](F)C4)nc3c(F)c(-c4cc(O)cc5ccccc45)c(Cl)cc23)CCN1. The van der Waals surface area contributed by atoms with Gasteiger partial charge in [-0.1, -0.05) is 35.9 Å². The van der Waals surface area contributed by atoms with Crippen LogP contribution in [0.25, 0.3) is 32.8 Å². The lowest BCUT2D eigenvalue weighted by atomic mass is 9.95. The molecule has 3 aliphatic heterocycles. The molecule has 7 rings (SSSR count). The lowest BCUT2D eigenvalue weighted by molar-refractivity contribution is 0.107. The van der Waals surface area contributed by atoms with Crippen LogP contribution in [0.1, 0.15) is 25.7 Å². The van der Waals surface area contributed by atoms with Crippen LogP contribution in [0, 0.1) is 17.1 Å². The van der Waals surface area contributed by atoms with Crippen molar-refractivity contribution >= 4 is 39.1 Å². The molecule has 3 aliphatic rings. The fourth-order valence-corrected chi connectivity index (χ4v) is 7.42. The number of nitrogens with zero attached hydrogens (tertiary/aromatic N) is 5. The van der Waals surface area contributed by atoms with Gasteiger partial charge in [-0.3, -0.25) is 4.90 Å². The standard InChI is InChI=1S/C32H31ClF2N6O2/c33-26-14-25-29(28(35)27(26)24-13-22(42)12-19-4-1-2-5-23(19)24)38-31(39-30(25)40-11-9-37-21(17-40)6-8-36)43-18-32-7-3-10-41(32)16-20(34)15-32/h1-2,4-5,12-14,20-21,37,42H,3,6-7,9-11,15-18H2/t20-,21+,32+/m1/s1. The molecule has 4 aromatic rings. The summed E-state index contributed by atoms with van der Waals surface area (Å²) in [4.78, 5) is 13.5. The molecule has 4 heterocycles. The molecule has 0 unspecified atom stereocenters. The lowest BCUT2D eigenvalue weighted by Gasteiger charge is -2.34. The molecule has 222 valence electrons. The Balaban J connectivity index is 1.37. The number of benzene rings is 3. The average Bonchev–Trinajstić information content (AvgIpc) is 3.52. The van der Waals surface area contributed by atoms with Crippen molar-refractivity contribution < 1.29 is 18.6 Å². The Labute approximate surface area is 252 Å². The van der Waals surface area contributed by atoms with Gasteiger partial charge in [0.25, 0.3) is 0 Å². The number of nitriles is 1. The molecule has 2 N–H and O–H groups in total. The average molecular weight is 605 g/mol. The van der Waals surface area contributed by atoms with Crippen LogP contribution in [0.2, 0.25) is 5.02 Å². The first-order chi connectivity index (χ1) is 20.8. The highest BCUT2D eigenvalue weighted by atomic mass is 35.5. The minimum atomic E-state index is -0.908. The number of rotatable bonds is 6. The summed E-state index contributed by atoms with van der Waals surface area (Å²) < 4.78 is 37.4. The molecule has 0 radical (unpaired) electrons. The number of ether oxygens (including phenoxy) is 1. The number of hydrogen-bond donors (Lipinski definition) is 2. The number of hydrogen-bond acceptors (Lipinski definition) is 8. The molecule has 3 saturated heterocycles. The van der Waals surface area contributed by atoms with Crippen molar-refractivity contribution in [2.75, 3.05) is 44.2 Å². The molecule has 3 atom stereocenters. The van der Waals surface area contributed by atoms with Crippen molar-refractivity contribution in [2.24, 2.45) is 0 Å². The van der Waals surface area contributed by atoms with Gasteiger partial charge in [-0.2, -0.15) is 15.2 Å². The second-order valence-corrected chi connectivity index (χ2v) is 12.2. The Morgan fingerprint density at radius 2 is 2.02 bits per heavy atom. The van der Waals surface area contributed by atoms with E-state index in [-0.39, 0.29) is 40.5 Å². The van der Waals surface area contributed by atoms with Crippen LogP contribution in [-0.2, 0) is 0 Å². The number of halogens is 3. The van der Waals surface area contributed by atoms with Crippen LogP contribution in [0.4, 0.5) is 14.6 Å². The van der Waals surface area contributed by atoms with Gasteiger partial charge in [-0.05, 0) is 53.9 Å². The van der Waals surface area contributed by atoms with Gasteiger partial charge < -0.3 is 20.1 Å². The van der Waals surface area contributed by atoms with Crippen LogP contribution in [0.5, 0.6) is 11.8 Å². The highest BCUT2D eigenvalue weighted by Crippen LogP contribution is 2.43. The highest BCUT2D eigenvalue weighted by Gasteiger charge is 2.49. The van der Waals surface area contributed by atoms with Crippen LogP contribution in [0.3, 0.4) is 0 Å². The van der Waals surface area contributed by atoms with Gasteiger partial charge in [0.15, 0.2) is 5.82 Å². The van der Waals surface area contributed by atoms with Crippen LogP contribution >= 0.6 is 11.6 Å². The number of phenolic OH excluding ortho intramolecular Hbond substituents is 1. The van der Waals surface area contributed by atoms with Gasteiger partial charge in [0.1, 0.15) is 29.9 Å². The minimum absolute atomic E-state index is 0.00865. The topological polar surface area (TPSA) is 97.5 Å². The van der Waals surface area contributed by atoms with Crippen LogP contribution in [-0.4, -0.2) is 77.1 Å². The van der Waals surface area contributed by atoms with Gasteiger partial charge >= 0.3 is 6.01 Å². The number of fused-ring (bicyclic) bond motifs is 3. The Bertz CT molecular complexity index is 1770. The minimum Gasteiger partial charge on any atom is -0.508 e. The van der Waals surface area contributed by atoms with Crippen molar-refractivity contribution in [3.8, 4) is 29.0 Å². The molecule has 0 saturated carbocycles. The normalized spacial score (nSPS) is 24.0. The summed E-state index contributed by atoms with van der Waals surface area (Å²) in [6, 6.07) is 14.3. The summed E-state index contributed by atoms with van der Waals surface area (Å²) in [5.74, 6) is -0.196. The Hall–Kier alpha value is -3.78. The zero-order valence-electron chi connectivity index (χ0n) is 23.5. The van der Waals surface area contributed by atoms with Crippen molar-refractivity contribution in [3.05, 3.63) is 53.3 Å². The van der Waals surface area contributed by atoms with E-state index in [1.807, 2.05) is 29.2 Å². The summed E-state index contributed by atoms with van der Waals surface area (Å²) in [7, 11) is 0. The molecule has 1 aromatic heterocycles. The summed E-state index contributed by atoms with van der Waals surface area (Å²) >= 11 is 6.82. The molecule has 3 aromatic carbocycles. The molecule has 8 nitrogen and oxygen atoms in total. The molecule has 11 heteroatoms. The lowest BCUT2D eigenvalue weighted by Crippen LogP contribution is -2.51. The molecule has 0 bridgehead atoms. The molecule has 43 heavy (non-hydrogen) atoms. The number of aromatic hydroxyl groups is 1. The van der Waals surface area contributed by atoms with E-state index in [9.17, 15) is 14.8 Å². The molecule has 0 aliphatic carbocycles. The van der Waals surface area contributed by atoms with E-state index in [0.29, 0.717) is 55.8 Å². The van der Waals surface area contributed by atoms with Crippen molar-refractivity contribution in [3.63, 3.8) is 0 Å². The quantitative estimate of drug-likeness (QED) is 0.294. The van der Waals surface area contributed by atoms with E-state index in [2.05, 4.69) is 21.3 Å². The van der Waals surface area contributed by atoms with Gasteiger partial charge in [0.2, 0.25) is 0 Å². The van der Waals surface area contributed by atoms with Crippen LogP contribution < -0.4 is 15.0 Å². The number of alkyl halides is 1. The van der Waals surface area contributed by atoms with E-state index >= 15 is 4.39 Å². The second kappa shape index (κ2) is 11.1. The van der Waals surface area contributed by atoms with E-state index in [4.69, 9.17) is 21.3 Å². The zero-order valence-corrected chi connectivity index (χ0v) is 24.2. The number of nitrogens with one attached hydrogen (secondary N) is 1. The van der Waals surface area contributed by atoms with Crippen LogP contribution in [0.15, 0.2) is 42.5 Å². The predicted molar refractivity (Wildman–Crippen MR) is 162 cm³/mol. The van der Waals surface area contributed by atoms with Gasteiger partial charge in [0, 0.05) is 49.6 Å². The monoisotopic (exact) mass is 604 g/mol. The Kier molecular flexibility index (Phi) is 7.20. The first kappa shape index (κ1) is 28.0. The summed E-state index contributed by atoms with van der Waals surface area (Å²) in [6.45, 7) is 3.10. The maximum atomic E-state index is 16.8. The zero-order chi connectivity index (χ0) is 29.7. The number of piperazine rings is 1. The Morgan fingerprint density at radius 1 is 1.16 bits per heavy atom. The third-order valence-electron chi connectivity index (χ3n) is 9.08. The first-order valence-electron chi connectivity index (χ1n) is 14.6. The maximum Gasteiger partial charge on any atom is 0.319 e. The largest absolute Gasteiger partial charge is 0.508 e. The second-order valence-electron chi connectivity index (χ2n) is 11.8. The van der Waals surface area contributed by atoms with Crippen molar-refractivity contribution in [1.82, 2.24) is 20.2 Å². The molecule has 0 spiro atoms. The van der Waals surface area contributed by atoms with Crippen molar-refractivity contribution in [1.29, 1.82) is 5.26 Å². The molecule has 0 amide bonds.